The van der Waals surface area contributed by atoms with Crippen LogP contribution in [0.15, 0.2) is 76.3 Å². The van der Waals surface area contributed by atoms with Crippen molar-refractivity contribution in [2.45, 2.75) is 13.8 Å². The Morgan fingerprint density at radius 3 is 2.31 bits per heavy atom. The molecule has 3 N–H and O–H groups in total. The first-order valence-corrected chi connectivity index (χ1v) is 10.6. The van der Waals surface area contributed by atoms with Gasteiger partial charge in [-0.1, -0.05) is 33.6 Å². The number of benzene rings is 3. The van der Waals surface area contributed by atoms with Gasteiger partial charge in [-0.05, 0) is 79.6 Å². The van der Waals surface area contributed by atoms with Gasteiger partial charge in [-0.15, -0.1) is 0 Å². The van der Waals surface area contributed by atoms with Crippen LogP contribution in [-0.2, 0) is 4.79 Å². The summed E-state index contributed by atoms with van der Waals surface area (Å²) in [6.45, 7) is 3.83. The molecule has 0 heterocycles. The zero-order chi connectivity index (χ0) is 22.9. The number of halogens is 1. The van der Waals surface area contributed by atoms with E-state index in [1.807, 2.05) is 50.2 Å². The fourth-order valence-electron chi connectivity index (χ4n) is 2.68. The minimum atomic E-state index is -0.442. The van der Waals surface area contributed by atoms with E-state index in [-0.39, 0.29) is 12.5 Å². The second-order valence-electron chi connectivity index (χ2n) is 7.06. The van der Waals surface area contributed by atoms with Gasteiger partial charge in [-0.3, -0.25) is 4.79 Å². The van der Waals surface area contributed by atoms with E-state index in [0.29, 0.717) is 11.4 Å². The van der Waals surface area contributed by atoms with Crippen LogP contribution in [0.1, 0.15) is 16.7 Å². The quantitative estimate of drug-likeness (QED) is 0.309. The van der Waals surface area contributed by atoms with Crippen molar-refractivity contribution in [1.29, 1.82) is 0 Å². The number of rotatable bonds is 7. The molecule has 0 atom stereocenters. The van der Waals surface area contributed by atoms with Crippen molar-refractivity contribution in [3.8, 4) is 5.75 Å². The van der Waals surface area contributed by atoms with Crippen LogP contribution in [0.25, 0.3) is 0 Å². The molecule has 0 bridgehead atoms. The summed E-state index contributed by atoms with van der Waals surface area (Å²) in [6.07, 6.45) is 1.51. The molecule has 3 amide bonds. The number of nitrogens with one attached hydrogen (secondary N) is 3. The molecule has 3 rings (SSSR count). The van der Waals surface area contributed by atoms with Crippen LogP contribution >= 0.6 is 15.9 Å². The van der Waals surface area contributed by atoms with Gasteiger partial charge in [0, 0.05) is 15.8 Å². The van der Waals surface area contributed by atoms with Gasteiger partial charge in [-0.2, -0.15) is 5.10 Å². The molecule has 0 aliphatic heterocycles. The summed E-state index contributed by atoms with van der Waals surface area (Å²) in [7, 11) is 0. The smallest absolute Gasteiger partial charge is 0.339 e. The Morgan fingerprint density at radius 1 is 0.938 bits per heavy atom. The Bertz CT molecular complexity index is 1110. The van der Waals surface area contributed by atoms with E-state index in [1.165, 1.54) is 6.21 Å². The molecule has 3 aromatic carbocycles. The second-order valence-corrected chi connectivity index (χ2v) is 7.91. The molecule has 0 aliphatic carbocycles. The van der Waals surface area contributed by atoms with Gasteiger partial charge in [0.25, 0.3) is 5.91 Å². The highest BCUT2D eigenvalue weighted by Crippen LogP contribution is 2.19. The maximum atomic E-state index is 12.0. The fraction of sp³-hybridized carbons (Fsp3) is 0.125. The van der Waals surface area contributed by atoms with E-state index in [4.69, 9.17) is 4.74 Å². The molecule has 0 saturated carbocycles. The number of hydrazone groups is 1. The predicted molar refractivity (Wildman–Crippen MR) is 130 cm³/mol. The summed E-state index contributed by atoms with van der Waals surface area (Å²) in [5.41, 5.74) is 6.72. The topological polar surface area (TPSA) is 91.8 Å². The van der Waals surface area contributed by atoms with Gasteiger partial charge in [0.2, 0.25) is 0 Å². The number of anilines is 2. The number of carbonyl (C=O) groups is 2. The lowest BCUT2D eigenvalue weighted by atomic mass is 10.2. The van der Waals surface area contributed by atoms with Crippen molar-refractivity contribution >= 4 is 45.5 Å². The zero-order valence-electron chi connectivity index (χ0n) is 17.7. The number of urea groups is 1. The number of hydrogen-bond donors (Lipinski definition) is 3. The van der Waals surface area contributed by atoms with Crippen molar-refractivity contribution in [2.75, 3.05) is 17.2 Å². The van der Waals surface area contributed by atoms with E-state index in [0.717, 1.165) is 26.9 Å². The molecule has 0 spiro atoms. The third kappa shape index (κ3) is 7.24. The maximum absolute atomic E-state index is 12.0. The molecular weight excluding hydrogens is 472 g/mol. The summed E-state index contributed by atoms with van der Waals surface area (Å²) >= 11 is 3.42. The van der Waals surface area contributed by atoms with Crippen LogP contribution in [0.2, 0.25) is 0 Å². The third-order valence-electron chi connectivity index (χ3n) is 4.38. The first-order chi connectivity index (χ1) is 15.4. The van der Waals surface area contributed by atoms with E-state index in [2.05, 4.69) is 37.1 Å². The molecule has 3 aromatic rings. The number of nitrogens with zero attached hydrogens (tertiary/aromatic N) is 1. The van der Waals surface area contributed by atoms with Crippen LogP contribution in [0.3, 0.4) is 0 Å². The minimum absolute atomic E-state index is 0.0986. The van der Waals surface area contributed by atoms with Crippen LogP contribution in [0.5, 0.6) is 5.75 Å². The van der Waals surface area contributed by atoms with E-state index in [9.17, 15) is 9.59 Å². The number of amides is 3. The molecule has 8 heteroatoms. The Hall–Kier alpha value is -3.65. The van der Waals surface area contributed by atoms with Gasteiger partial charge in [0.1, 0.15) is 5.75 Å². The van der Waals surface area contributed by atoms with Gasteiger partial charge in [0.15, 0.2) is 6.61 Å². The lowest BCUT2D eigenvalue weighted by Crippen LogP contribution is -2.24. The maximum Gasteiger partial charge on any atom is 0.339 e. The van der Waals surface area contributed by atoms with E-state index >= 15 is 0 Å². The molecule has 0 saturated heterocycles. The fourth-order valence-corrected chi connectivity index (χ4v) is 2.93. The normalized spacial score (nSPS) is 10.6. The lowest BCUT2D eigenvalue weighted by molar-refractivity contribution is -0.118. The molecular formula is C24H23BrN4O3. The Morgan fingerprint density at radius 2 is 1.62 bits per heavy atom. The number of carbonyl (C=O) groups excluding carboxylic acids is 2. The Kier molecular flexibility index (Phi) is 7.99. The predicted octanol–water partition coefficient (Wildman–Crippen LogP) is 5.24. The monoisotopic (exact) mass is 494 g/mol. The largest absolute Gasteiger partial charge is 0.484 e. The average molecular weight is 495 g/mol. The minimum Gasteiger partial charge on any atom is -0.484 e. The lowest BCUT2D eigenvalue weighted by Gasteiger charge is -2.08. The molecule has 0 aliphatic rings. The van der Waals surface area contributed by atoms with Crippen LogP contribution in [0, 0.1) is 13.8 Å². The number of aryl methyl sites for hydroxylation is 2. The summed E-state index contributed by atoms with van der Waals surface area (Å²) < 4.78 is 6.48. The van der Waals surface area contributed by atoms with Gasteiger partial charge >= 0.3 is 6.03 Å². The number of hydrogen-bond acceptors (Lipinski definition) is 4. The first kappa shape index (κ1) is 23.0. The molecule has 0 radical (unpaired) electrons. The van der Waals surface area contributed by atoms with Crippen molar-refractivity contribution in [2.24, 2.45) is 5.10 Å². The molecule has 32 heavy (non-hydrogen) atoms. The highest BCUT2D eigenvalue weighted by molar-refractivity contribution is 9.10. The van der Waals surface area contributed by atoms with Crippen LogP contribution in [0.4, 0.5) is 16.2 Å². The molecule has 7 nitrogen and oxygen atoms in total. The summed E-state index contributed by atoms with van der Waals surface area (Å²) in [5, 5.41) is 9.42. The summed E-state index contributed by atoms with van der Waals surface area (Å²) in [6, 6.07) is 19.6. The van der Waals surface area contributed by atoms with Crippen LogP contribution in [-0.4, -0.2) is 24.8 Å². The van der Waals surface area contributed by atoms with E-state index in [1.54, 1.807) is 30.3 Å². The average Bonchev–Trinajstić information content (AvgIpc) is 2.77. The molecule has 0 fully saturated rings. The van der Waals surface area contributed by atoms with Crippen molar-refractivity contribution in [3.63, 3.8) is 0 Å². The molecule has 0 aromatic heterocycles. The van der Waals surface area contributed by atoms with Crippen molar-refractivity contribution < 1.29 is 14.3 Å². The van der Waals surface area contributed by atoms with Gasteiger partial charge in [0.05, 0.1) is 6.21 Å². The third-order valence-corrected chi connectivity index (χ3v) is 5.27. The molecule has 0 unspecified atom stereocenters. The second kappa shape index (κ2) is 11.1. The standard InChI is InChI=1S/C24H23BrN4O3/c1-16-3-7-19(8-4-16)27-23(30)15-32-21-10-5-18(6-11-21)14-26-29-24(31)28-20-9-12-22(25)17(2)13-20/h3-14H,15H2,1-2H3,(H,27,30)(H2,28,29,31)/b26-14+. The number of ether oxygens (including phenoxy) is 1. The Labute approximate surface area is 195 Å². The highest BCUT2D eigenvalue weighted by Gasteiger charge is 2.04. The molecule has 164 valence electrons. The first-order valence-electron chi connectivity index (χ1n) is 9.84. The van der Waals surface area contributed by atoms with Gasteiger partial charge in [-0.25, -0.2) is 10.2 Å². The Balaban J connectivity index is 1.42. The SMILES string of the molecule is Cc1ccc(NC(=O)COc2ccc(/C=N/NC(=O)Nc3ccc(Br)c(C)c3)cc2)cc1. The van der Waals surface area contributed by atoms with Crippen molar-refractivity contribution in [1.82, 2.24) is 5.43 Å². The highest BCUT2D eigenvalue weighted by atomic mass is 79.9. The summed E-state index contributed by atoms with van der Waals surface area (Å²) in [4.78, 5) is 23.9. The zero-order valence-corrected chi connectivity index (χ0v) is 19.3. The van der Waals surface area contributed by atoms with E-state index < -0.39 is 6.03 Å². The summed E-state index contributed by atoms with van der Waals surface area (Å²) in [5.74, 6) is 0.313. The van der Waals surface area contributed by atoms with Crippen molar-refractivity contribution in [3.05, 3.63) is 87.9 Å². The van der Waals surface area contributed by atoms with Gasteiger partial charge < -0.3 is 15.4 Å². The van der Waals surface area contributed by atoms with Crippen LogP contribution < -0.4 is 20.8 Å².